The zero-order valence-corrected chi connectivity index (χ0v) is 69.0. The van der Waals surface area contributed by atoms with Crippen LogP contribution in [0.3, 0.4) is 0 Å². The summed E-state index contributed by atoms with van der Waals surface area (Å²) in [4.78, 5) is 218. The molecular weight excluding hydrogens is 1520 g/mol. The fraction of sp³-hybridized carbons (Fsp3) is 0.750. The molecule has 648 valence electrons. The minimum atomic E-state index is -1.47. The second kappa shape index (κ2) is 48.1. The summed E-state index contributed by atoms with van der Waals surface area (Å²) < 4.78 is 91.0. The van der Waals surface area contributed by atoms with Crippen LogP contribution in [0.4, 0.5) is 14.4 Å². The standard InChI is InChI=1S/C24H39N3O11.2C24H38N2O12/c1-9-10-16(26-23(33)38-24(6,7)8)21(32)27-22-18(25-12(2)28)20(36-15(5)31)19(35-14(4)30)17(37-22)11-34-13(3)29;2*1-9-10-16(25-23(32)38-24(6,7)8)21(31)26-22-20(36-15(5)30)19(35-14(4)29)18(34-13(3)28)17(37-22)11-33-12(2)27/h16-20,22H,9-11H2,1-8H3,(H,25,28)(H,26,33)(H,27,32);2*16-20,22H,9-11H2,1-8H3,(H,25,32)(H,26,31). The lowest BCUT2D eigenvalue weighted by molar-refractivity contribution is -0.257. The van der Waals surface area contributed by atoms with Crippen LogP contribution in [-0.2, 0) is 152 Å². The van der Waals surface area contributed by atoms with Crippen molar-refractivity contribution in [2.45, 2.75) is 331 Å². The smallest absolute Gasteiger partial charge is 0.408 e. The van der Waals surface area contributed by atoms with E-state index >= 15 is 0 Å². The van der Waals surface area contributed by atoms with Crippen LogP contribution >= 0.6 is 0 Å². The number of carbonyl (C=O) groups excluding carboxylic acids is 18. The van der Waals surface area contributed by atoms with Gasteiger partial charge in [0.1, 0.15) is 79.1 Å². The zero-order valence-electron chi connectivity index (χ0n) is 69.0. The van der Waals surface area contributed by atoms with Gasteiger partial charge in [0.05, 0.1) is 0 Å². The van der Waals surface area contributed by atoms with Gasteiger partial charge in [-0.3, -0.25) is 71.9 Å². The number of ether oxygens (including phenoxy) is 17. The lowest BCUT2D eigenvalue weighted by Crippen LogP contribution is -2.70. The first kappa shape index (κ1) is 102. The molecule has 18 unspecified atom stereocenters. The van der Waals surface area contributed by atoms with Crippen molar-refractivity contribution in [2.24, 2.45) is 0 Å². The van der Waals surface area contributed by atoms with Crippen LogP contribution in [0, 0.1) is 0 Å². The van der Waals surface area contributed by atoms with Crippen molar-refractivity contribution in [3.8, 4) is 0 Å². The maximum absolute atomic E-state index is 13.2. The number of hydrogen-bond acceptors (Lipinski definition) is 35. The molecule has 0 aliphatic carbocycles. The Balaban J connectivity index is 0.000000855. The number of amides is 7. The van der Waals surface area contributed by atoms with Gasteiger partial charge < -0.3 is 118 Å². The normalized spacial score (nSPS) is 23.7. The monoisotopic (exact) mass is 1640 g/mol. The van der Waals surface area contributed by atoms with E-state index in [0.717, 1.165) is 76.2 Å². The van der Waals surface area contributed by atoms with E-state index in [2.05, 4.69) is 37.2 Å². The minimum Gasteiger partial charge on any atom is -0.463 e. The maximum Gasteiger partial charge on any atom is 0.408 e. The molecule has 0 radical (unpaired) electrons. The molecule has 0 aromatic heterocycles. The Labute approximate surface area is 660 Å². The molecule has 0 bridgehead atoms. The van der Waals surface area contributed by atoms with E-state index in [1.165, 1.54) is 6.92 Å². The predicted octanol–water partition coefficient (Wildman–Crippen LogP) is 2.21. The lowest BCUT2D eigenvalue weighted by atomic mass is 9.94. The Bertz CT molecular complexity index is 2990. The molecule has 114 heavy (non-hydrogen) atoms. The molecule has 42 nitrogen and oxygen atoms in total. The maximum atomic E-state index is 13.2. The molecular formula is C72H115N7O35. The minimum absolute atomic E-state index is 0.219. The molecule has 42 heteroatoms. The van der Waals surface area contributed by atoms with Gasteiger partial charge in [0.15, 0.2) is 67.5 Å². The van der Waals surface area contributed by atoms with E-state index in [4.69, 9.17) is 80.5 Å². The second-order valence-corrected chi connectivity index (χ2v) is 29.0. The highest BCUT2D eigenvalue weighted by atomic mass is 16.7. The Kier molecular flexibility index (Phi) is 42.9. The summed E-state index contributed by atoms with van der Waals surface area (Å²) in [5.41, 5.74) is -2.42. The molecule has 0 aromatic carbocycles. The van der Waals surface area contributed by atoms with Gasteiger partial charge in [0.2, 0.25) is 23.6 Å². The van der Waals surface area contributed by atoms with Crippen molar-refractivity contribution >= 4 is 108 Å². The van der Waals surface area contributed by atoms with Crippen LogP contribution in [-0.4, -0.2) is 254 Å². The van der Waals surface area contributed by atoms with E-state index in [-0.39, 0.29) is 19.3 Å². The van der Waals surface area contributed by atoms with Gasteiger partial charge in [0, 0.05) is 83.1 Å². The molecule has 0 spiro atoms. The molecule has 3 aliphatic heterocycles. The Morgan fingerprint density at radius 2 is 0.509 bits per heavy atom. The summed E-state index contributed by atoms with van der Waals surface area (Å²) in [6, 6.07) is -4.40. The average Bonchev–Trinajstić information content (AvgIpc) is 0.793. The predicted molar refractivity (Wildman–Crippen MR) is 387 cm³/mol. The molecule has 18 atom stereocenters. The molecule has 3 aliphatic rings. The zero-order chi connectivity index (χ0) is 87.6. The highest BCUT2D eigenvalue weighted by Gasteiger charge is 2.56. The first-order valence-electron chi connectivity index (χ1n) is 36.5. The number of nitrogens with one attached hydrogen (secondary N) is 7. The summed E-state index contributed by atoms with van der Waals surface area (Å²) >= 11 is 0. The average molecular weight is 1640 g/mol. The highest BCUT2D eigenvalue weighted by Crippen LogP contribution is 2.32. The third-order valence-electron chi connectivity index (χ3n) is 14.7. The van der Waals surface area contributed by atoms with Crippen molar-refractivity contribution in [1.82, 2.24) is 37.2 Å². The highest BCUT2D eigenvalue weighted by molar-refractivity contribution is 5.88. The van der Waals surface area contributed by atoms with Crippen molar-refractivity contribution in [1.29, 1.82) is 0 Å². The second-order valence-electron chi connectivity index (χ2n) is 29.0. The summed E-state index contributed by atoms with van der Waals surface area (Å²) in [6.45, 7) is 32.5. The molecule has 7 N–H and O–H groups in total. The fourth-order valence-corrected chi connectivity index (χ4v) is 10.9. The van der Waals surface area contributed by atoms with Gasteiger partial charge in [-0.05, 0) is 81.6 Å². The van der Waals surface area contributed by atoms with Gasteiger partial charge >= 0.3 is 83.9 Å². The Morgan fingerprint density at radius 3 is 0.737 bits per heavy atom. The number of hydrogen-bond donors (Lipinski definition) is 7. The van der Waals surface area contributed by atoms with Crippen molar-refractivity contribution in [3.63, 3.8) is 0 Å². The van der Waals surface area contributed by atoms with Crippen LogP contribution in [0.2, 0.25) is 0 Å². The topological polar surface area (TPSA) is 548 Å². The third kappa shape index (κ3) is 40.0. The Hall–Kier alpha value is -10.3. The number of rotatable bonds is 30. The number of esters is 11. The lowest BCUT2D eigenvalue weighted by Gasteiger charge is -2.45. The van der Waals surface area contributed by atoms with Crippen molar-refractivity contribution in [3.05, 3.63) is 0 Å². The quantitative estimate of drug-likeness (QED) is 0.0400. The van der Waals surface area contributed by atoms with Crippen LogP contribution in [0.25, 0.3) is 0 Å². The Morgan fingerprint density at radius 1 is 0.289 bits per heavy atom. The summed E-state index contributed by atoms with van der Waals surface area (Å²) in [5, 5.41) is 17.7. The van der Waals surface area contributed by atoms with Gasteiger partial charge in [-0.2, -0.15) is 0 Å². The van der Waals surface area contributed by atoms with Crippen LogP contribution in [0.15, 0.2) is 0 Å². The van der Waals surface area contributed by atoms with Crippen LogP contribution in [0.5, 0.6) is 0 Å². The van der Waals surface area contributed by atoms with E-state index in [1.54, 1.807) is 76.2 Å². The van der Waals surface area contributed by atoms with Crippen molar-refractivity contribution < 1.29 is 167 Å². The molecule has 0 saturated carbocycles. The molecule has 0 aromatic rings. The fourth-order valence-electron chi connectivity index (χ4n) is 10.9. The van der Waals surface area contributed by atoms with E-state index < -0.39 is 254 Å². The van der Waals surface area contributed by atoms with Crippen molar-refractivity contribution in [2.75, 3.05) is 19.8 Å². The van der Waals surface area contributed by atoms with Gasteiger partial charge in [0.25, 0.3) is 0 Å². The first-order chi connectivity index (χ1) is 52.6. The number of alkyl carbamates (subject to hydrolysis) is 3. The SMILES string of the molecule is CCCC(NC(=O)OC(C)(C)C)C(=O)NC1OC(COC(C)=O)C(OC(C)=O)C(OC(C)=O)C1NC(C)=O.CCCC(NC(=O)OC(C)(C)C)C(=O)NC1OC(COC(C)=O)C(OC(C)=O)C(OC(C)=O)C1OC(C)=O.CCCC(NC(=O)OC(C)(C)C)C(=O)NC1OC(COC(C)=O)C(OC(C)=O)C(OC(C)=O)C1OC(C)=O. The molecule has 3 heterocycles. The summed E-state index contributed by atoms with van der Waals surface area (Å²) in [5.74, 6) is -11.0. The number of carbonyl (C=O) groups is 18. The molecule has 7 amide bonds. The van der Waals surface area contributed by atoms with Gasteiger partial charge in [-0.25, -0.2) is 14.4 Å². The summed E-state index contributed by atoms with van der Waals surface area (Å²) in [7, 11) is 0. The van der Waals surface area contributed by atoms with Gasteiger partial charge in [-0.1, -0.05) is 40.0 Å². The third-order valence-corrected chi connectivity index (χ3v) is 14.7. The van der Waals surface area contributed by atoms with Crippen LogP contribution in [0.1, 0.15) is 205 Å². The summed E-state index contributed by atoms with van der Waals surface area (Å²) in [6.07, 6.45) is -19.3. The van der Waals surface area contributed by atoms with E-state index in [0.29, 0.717) is 19.3 Å². The van der Waals surface area contributed by atoms with E-state index in [9.17, 15) is 86.3 Å². The molecule has 3 fully saturated rings. The van der Waals surface area contributed by atoms with E-state index in [1.807, 2.05) is 6.92 Å². The largest absolute Gasteiger partial charge is 0.463 e. The first-order valence-corrected chi connectivity index (χ1v) is 36.5. The van der Waals surface area contributed by atoms with Crippen LogP contribution < -0.4 is 37.2 Å². The van der Waals surface area contributed by atoms with Gasteiger partial charge in [-0.15, -0.1) is 0 Å². The molecule has 3 rings (SSSR count). The molecule has 3 saturated heterocycles.